The number of allylic oxidation sites excluding steroid dienone is 1. The molecule has 0 saturated carbocycles. The van der Waals surface area contributed by atoms with E-state index >= 15 is 0 Å². The first-order chi connectivity index (χ1) is 11.2. The van der Waals surface area contributed by atoms with Gasteiger partial charge in [-0.05, 0) is 43.5 Å². The molecule has 0 amide bonds. The highest BCUT2D eigenvalue weighted by Gasteiger charge is 2.38. The second kappa shape index (κ2) is 8.88. The molecule has 0 bridgehead atoms. The molecule has 0 N–H and O–H groups in total. The van der Waals surface area contributed by atoms with Gasteiger partial charge in [-0.3, -0.25) is 4.79 Å². The molecule has 0 unspecified atom stereocenters. The largest absolute Gasteiger partial charge is 0.486 e. The van der Waals surface area contributed by atoms with E-state index in [2.05, 4.69) is 13.2 Å². The summed E-state index contributed by atoms with van der Waals surface area (Å²) in [5.74, 6) is 0.0844. The van der Waals surface area contributed by atoms with E-state index in [1.54, 1.807) is 0 Å². The zero-order chi connectivity index (χ0) is 18.5. The van der Waals surface area contributed by atoms with Gasteiger partial charge in [0.2, 0.25) is 0 Å². The molecule has 5 heteroatoms. The molecule has 0 aromatic heterocycles. The standard InChI is InChI=1S/C17H19F3O2.C2H4.CH4/c1-4-16(5-2)10-12(8-11(3)21)14-7-6-13(17(18,19)20)9-15(14)22-16;1-2;/h6-9H,4-5,10H2,1-3H3;1-2H2;1H4/b12-8+;;. The van der Waals surface area contributed by atoms with Crippen LogP contribution in [0.3, 0.4) is 0 Å². The minimum atomic E-state index is -4.42. The summed E-state index contributed by atoms with van der Waals surface area (Å²) in [6.07, 6.45) is -1.07. The zero-order valence-electron chi connectivity index (χ0n) is 14.3. The average Bonchev–Trinajstić information content (AvgIpc) is 2.54. The zero-order valence-corrected chi connectivity index (χ0v) is 14.3. The van der Waals surface area contributed by atoms with E-state index < -0.39 is 17.3 Å². The lowest BCUT2D eigenvalue weighted by molar-refractivity contribution is -0.137. The van der Waals surface area contributed by atoms with Gasteiger partial charge in [-0.25, -0.2) is 0 Å². The molecule has 1 aromatic carbocycles. The molecule has 1 aliphatic rings. The number of ether oxygens (including phenoxy) is 1. The van der Waals surface area contributed by atoms with Crippen LogP contribution in [0.1, 0.15) is 58.6 Å². The quantitative estimate of drug-likeness (QED) is 0.459. The second-order valence-corrected chi connectivity index (χ2v) is 5.66. The predicted octanol–water partition coefficient (Wildman–Crippen LogP) is 6.46. The summed E-state index contributed by atoms with van der Waals surface area (Å²) < 4.78 is 44.6. The van der Waals surface area contributed by atoms with Gasteiger partial charge in [0.15, 0.2) is 5.78 Å². The van der Waals surface area contributed by atoms with Crippen molar-refractivity contribution >= 4 is 11.4 Å². The van der Waals surface area contributed by atoms with Crippen LogP contribution in [0.25, 0.3) is 5.57 Å². The van der Waals surface area contributed by atoms with Gasteiger partial charge in [-0.1, -0.05) is 27.3 Å². The fraction of sp³-hybridized carbons (Fsp3) is 0.450. The number of hydrogen-bond acceptors (Lipinski definition) is 2. The Labute approximate surface area is 148 Å². The molecule has 0 radical (unpaired) electrons. The first-order valence-corrected chi connectivity index (χ1v) is 7.82. The SMILES string of the molecule is C.C=C.CCC1(CC)C/C(=C\C(C)=O)c2ccc(C(F)(F)F)cc2O1. The third kappa shape index (κ3) is 5.21. The summed E-state index contributed by atoms with van der Waals surface area (Å²) in [7, 11) is 0. The number of fused-ring (bicyclic) bond motifs is 1. The number of benzene rings is 1. The smallest absolute Gasteiger partial charge is 0.416 e. The van der Waals surface area contributed by atoms with Gasteiger partial charge in [0.1, 0.15) is 11.4 Å². The number of rotatable bonds is 3. The Morgan fingerprint density at radius 3 is 2.28 bits per heavy atom. The normalized spacial score (nSPS) is 16.6. The lowest BCUT2D eigenvalue weighted by Crippen LogP contribution is -2.38. The first kappa shape index (κ1) is 23.0. The maximum Gasteiger partial charge on any atom is 0.416 e. The van der Waals surface area contributed by atoms with E-state index in [1.165, 1.54) is 19.1 Å². The summed E-state index contributed by atoms with van der Waals surface area (Å²) >= 11 is 0. The highest BCUT2D eigenvalue weighted by molar-refractivity contribution is 5.96. The van der Waals surface area contributed by atoms with Crippen molar-refractivity contribution < 1.29 is 22.7 Å². The van der Waals surface area contributed by atoms with Crippen LogP contribution in [0.4, 0.5) is 13.2 Å². The molecule has 1 aromatic rings. The molecule has 1 aliphatic heterocycles. The Kier molecular flexibility index (Phi) is 8.16. The first-order valence-electron chi connectivity index (χ1n) is 7.82. The van der Waals surface area contributed by atoms with Crippen molar-refractivity contribution in [2.45, 2.75) is 59.2 Å². The fourth-order valence-electron chi connectivity index (χ4n) is 2.78. The van der Waals surface area contributed by atoms with Crippen molar-refractivity contribution in [3.8, 4) is 5.75 Å². The van der Waals surface area contributed by atoms with Crippen LogP contribution >= 0.6 is 0 Å². The van der Waals surface area contributed by atoms with E-state index in [0.717, 1.165) is 17.7 Å². The fourth-order valence-corrected chi connectivity index (χ4v) is 2.78. The average molecular weight is 356 g/mol. The summed E-state index contributed by atoms with van der Waals surface area (Å²) in [6, 6.07) is 3.45. The predicted molar refractivity (Wildman–Crippen MR) is 96.6 cm³/mol. The number of ketones is 1. The van der Waals surface area contributed by atoms with Gasteiger partial charge in [0.25, 0.3) is 0 Å². The minimum Gasteiger partial charge on any atom is -0.486 e. The monoisotopic (exact) mass is 356 g/mol. The van der Waals surface area contributed by atoms with E-state index in [1.807, 2.05) is 13.8 Å². The molecular formula is C20H27F3O2. The molecule has 0 fully saturated rings. The molecule has 0 spiro atoms. The van der Waals surface area contributed by atoms with Crippen molar-refractivity contribution in [1.82, 2.24) is 0 Å². The van der Waals surface area contributed by atoms with Crippen LogP contribution in [-0.4, -0.2) is 11.4 Å². The Bertz CT molecular complexity index is 626. The highest BCUT2D eigenvalue weighted by Crippen LogP contribution is 2.45. The van der Waals surface area contributed by atoms with Crippen LogP contribution in [0.2, 0.25) is 0 Å². The number of halogens is 3. The number of carbonyl (C=O) groups is 1. The van der Waals surface area contributed by atoms with Crippen molar-refractivity contribution in [2.24, 2.45) is 0 Å². The van der Waals surface area contributed by atoms with Crippen LogP contribution in [0, 0.1) is 0 Å². The Morgan fingerprint density at radius 1 is 1.28 bits per heavy atom. The third-order valence-corrected chi connectivity index (χ3v) is 4.16. The number of carbonyl (C=O) groups excluding carboxylic acids is 1. The lowest BCUT2D eigenvalue weighted by atomic mass is 9.82. The number of alkyl halides is 3. The second-order valence-electron chi connectivity index (χ2n) is 5.66. The molecular weight excluding hydrogens is 329 g/mol. The van der Waals surface area contributed by atoms with Gasteiger partial charge in [0, 0.05) is 12.0 Å². The molecule has 0 atom stereocenters. The Balaban J connectivity index is 0.00000185. The van der Waals surface area contributed by atoms with Crippen molar-refractivity contribution in [3.63, 3.8) is 0 Å². The Morgan fingerprint density at radius 2 is 1.84 bits per heavy atom. The van der Waals surface area contributed by atoms with Crippen LogP contribution in [-0.2, 0) is 11.0 Å². The summed E-state index contributed by atoms with van der Waals surface area (Å²) in [4.78, 5) is 11.4. The molecule has 2 nitrogen and oxygen atoms in total. The van der Waals surface area contributed by atoms with Crippen LogP contribution in [0.15, 0.2) is 37.4 Å². The molecule has 25 heavy (non-hydrogen) atoms. The van der Waals surface area contributed by atoms with Crippen molar-refractivity contribution in [2.75, 3.05) is 0 Å². The molecule has 140 valence electrons. The summed E-state index contributed by atoms with van der Waals surface area (Å²) in [5, 5.41) is 0. The van der Waals surface area contributed by atoms with Gasteiger partial charge < -0.3 is 4.74 Å². The minimum absolute atomic E-state index is 0. The van der Waals surface area contributed by atoms with Gasteiger partial charge >= 0.3 is 6.18 Å². The van der Waals surface area contributed by atoms with Crippen LogP contribution in [0.5, 0.6) is 5.75 Å². The van der Waals surface area contributed by atoms with E-state index in [9.17, 15) is 18.0 Å². The third-order valence-electron chi connectivity index (χ3n) is 4.16. The van der Waals surface area contributed by atoms with Gasteiger partial charge in [-0.15, -0.1) is 13.2 Å². The molecule has 0 saturated heterocycles. The highest BCUT2D eigenvalue weighted by atomic mass is 19.4. The van der Waals surface area contributed by atoms with Crippen LogP contribution < -0.4 is 4.74 Å². The van der Waals surface area contributed by atoms with Gasteiger partial charge in [-0.2, -0.15) is 13.2 Å². The van der Waals surface area contributed by atoms with E-state index in [0.29, 0.717) is 24.8 Å². The molecule has 2 rings (SSSR count). The van der Waals surface area contributed by atoms with E-state index in [-0.39, 0.29) is 19.0 Å². The summed E-state index contributed by atoms with van der Waals surface area (Å²) in [5.41, 5.74) is 0.0155. The number of hydrogen-bond donors (Lipinski definition) is 0. The maximum atomic E-state index is 12.9. The van der Waals surface area contributed by atoms with E-state index in [4.69, 9.17) is 4.74 Å². The maximum absolute atomic E-state index is 12.9. The molecule has 1 heterocycles. The summed E-state index contributed by atoms with van der Waals surface area (Å²) in [6.45, 7) is 11.3. The topological polar surface area (TPSA) is 26.3 Å². The lowest BCUT2D eigenvalue weighted by Gasteiger charge is -2.39. The van der Waals surface area contributed by atoms with Gasteiger partial charge in [0.05, 0.1) is 5.56 Å². The molecule has 0 aliphatic carbocycles. The van der Waals surface area contributed by atoms with Crippen molar-refractivity contribution in [3.05, 3.63) is 48.6 Å². The van der Waals surface area contributed by atoms with Crippen molar-refractivity contribution in [1.29, 1.82) is 0 Å². The Hall–Kier alpha value is -2.04.